The first-order valence-electron chi connectivity index (χ1n) is 5.63. The van der Waals surface area contributed by atoms with Crippen molar-refractivity contribution >= 4 is 39.7 Å². The lowest BCUT2D eigenvalue weighted by atomic mass is 10.1. The topological polar surface area (TPSA) is 16.1 Å². The fourth-order valence-corrected chi connectivity index (χ4v) is 3.67. The second-order valence-corrected chi connectivity index (χ2v) is 6.06. The molecule has 2 rings (SSSR count). The summed E-state index contributed by atoms with van der Waals surface area (Å²) >= 11 is 13.4. The Kier molecular flexibility index (Phi) is 4.34. The summed E-state index contributed by atoms with van der Waals surface area (Å²) in [5.74, 6) is 1.28. The summed E-state index contributed by atoms with van der Waals surface area (Å²) in [6.07, 6.45) is 5.46. The van der Waals surface area contributed by atoms with Gasteiger partial charge in [0, 0.05) is 13.6 Å². The molecule has 0 aliphatic heterocycles. The highest BCUT2D eigenvalue weighted by molar-refractivity contribution is 7.16. The van der Waals surface area contributed by atoms with Crippen LogP contribution in [0.1, 0.15) is 30.6 Å². The van der Waals surface area contributed by atoms with E-state index in [1.165, 1.54) is 25.7 Å². The molecule has 0 bridgehead atoms. The van der Waals surface area contributed by atoms with Crippen molar-refractivity contribution in [3.8, 4) is 0 Å². The molecular weight excluding hydrogens is 263 g/mol. The summed E-state index contributed by atoms with van der Waals surface area (Å²) in [6, 6.07) is 0. The van der Waals surface area contributed by atoms with Gasteiger partial charge in [0.1, 0.15) is 5.15 Å². The maximum absolute atomic E-state index is 5.99. The molecule has 1 aromatic heterocycles. The molecule has 1 aliphatic carbocycles. The molecule has 5 heteroatoms. The van der Waals surface area contributed by atoms with E-state index in [0.29, 0.717) is 11.0 Å². The Hall–Kier alpha value is 0.01000. The maximum atomic E-state index is 5.99. The number of anilines is 1. The van der Waals surface area contributed by atoms with Crippen molar-refractivity contribution < 1.29 is 0 Å². The molecule has 0 saturated heterocycles. The van der Waals surface area contributed by atoms with Crippen molar-refractivity contribution in [2.75, 3.05) is 18.5 Å². The van der Waals surface area contributed by atoms with Gasteiger partial charge in [0.2, 0.25) is 0 Å². The van der Waals surface area contributed by atoms with Gasteiger partial charge in [-0.15, -0.1) is 11.6 Å². The summed E-state index contributed by atoms with van der Waals surface area (Å²) in [5.41, 5.74) is 0. The zero-order chi connectivity index (χ0) is 11.5. The molecule has 0 atom stereocenters. The van der Waals surface area contributed by atoms with Crippen LogP contribution in [0.5, 0.6) is 0 Å². The molecule has 1 aromatic rings. The van der Waals surface area contributed by atoms with Crippen molar-refractivity contribution in [3.05, 3.63) is 10.0 Å². The molecule has 0 spiro atoms. The zero-order valence-corrected chi connectivity index (χ0v) is 11.7. The highest BCUT2D eigenvalue weighted by atomic mass is 35.5. The first-order chi connectivity index (χ1) is 7.70. The highest BCUT2D eigenvalue weighted by Crippen LogP contribution is 2.32. The Morgan fingerprint density at radius 2 is 2.12 bits per heavy atom. The van der Waals surface area contributed by atoms with Crippen LogP contribution in [0.25, 0.3) is 0 Å². The van der Waals surface area contributed by atoms with Crippen LogP contribution in [0, 0.1) is 5.92 Å². The summed E-state index contributed by atoms with van der Waals surface area (Å²) in [5, 5.41) is 1.56. The Labute approximate surface area is 111 Å². The largest absolute Gasteiger partial charge is 0.351 e. The van der Waals surface area contributed by atoms with Crippen molar-refractivity contribution in [3.63, 3.8) is 0 Å². The first kappa shape index (κ1) is 12.5. The molecule has 2 nitrogen and oxygen atoms in total. The quantitative estimate of drug-likeness (QED) is 0.769. The Morgan fingerprint density at radius 3 is 2.69 bits per heavy atom. The fourth-order valence-electron chi connectivity index (χ4n) is 2.23. The third-order valence-corrected chi connectivity index (χ3v) is 5.11. The van der Waals surface area contributed by atoms with E-state index in [0.717, 1.165) is 22.5 Å². The molecule has 0 aromatic carbocycles. The van der Waals surface area contributed by atoms with Crippen molar-refractivity contribution in [2.24, 2.45) is 5.92 Å². The second kappa shape index (κ2) is 5.56. The zero-order valence-electron chi connectivity index (χ0n) is 9.38. The molecule has 90 valence electrons. The van der Waals surface area contributed by atoms with E-state index in [9.17, 15) is 0 Å². The van der Waals surface area contributed by atoms with Gasteiger partial charge < -0.3 is 4.90 Å². The first-order valence-corrected chi connectivity index (χ1v) is 7.36. The van der Waals surface area contributed by atoms with E-state index in [-0.39, 0.29) is 0 Å². The van der Waals surface area contributed by atoms with E-state index in [2.05, 4.69) is 16.9 Å². The number of nitrogens with zero attached hydrogens (tertiary/aromatic N) is 2. The standard InChI is InChI=1S/C11H16Cl2N2S/c1-15(7-8-4-2-3-5-8)11-14-10(13)9(6-12)16-11/h8H,2-7H2,1H3. The number of halogens is 2. The number of rotatable bonds is 4. The molecule has 1 saturated carbocycles. The number of thiazole rings is 1. The summed E-state index contributed by atoms with van der Waals surface area (Å²) in [7, 11) is 2.09. The van der Waals surface area contributed by atoms with Crippen LogP contribution in [-0.2, 0) is 5.88 Å². The molecule has 0 radical (unpaired) electrons. The molecular formula is C11H16Cl2N2S. The van der Waals surface area contributed by atoms with Gasteiger partial charge in [-0.2, -0.15) is 0 Å². The van der Waals surface area contributed by atoms with E-state index in [1.54, 1.807) is 11.3 Å². The Morgan fingerprint density at radius 1 is 1.44 bits per heavy atom. The average Bonchev–Trinajstić information content (AvgIpc) is 2.87. The lowest BCUT2D eigenvalue weighted by molar-refractivity contribution is 0.546. The molecule has 0 amide bonds. The minimum atomic E-state index is 0.452. The monoisotopic (exact) mass is 278 g/mol. The predicted octanol–water partition coefficient (Wildman–Crippen LogP) is 4.16. The highest BCUT2D eigenvalue weighted by Gasteiger charge is 2.19. The fraction of sp³-hybridized carbons (Fsp3) is 0.727. The van der Waals surface area contributed by atoms with Gasteiger partial charge >= 0.3 is 0 Å². The molecule has 0 unspecified atom stereocenters. The maximum Gasteiger partial charge on any atom is 0.186 e. The number of alkyl halides is 1. The van der Waals surface area contributed by atoms with Crippen molar-refractivity contribution in [1.29, 1.82) is 0 Å². The van der Waals surface area contributed by atoms with E-state index >= 15 is 0 Å². The van der Waals surface area contributed by atoms with Crippen molar-refractivity contribution in [2.45, 2.75) is 31.6 Å². The minimum Gasteiger partial charge on any atom is -0.351 e. The summed E-state index contributed by atoms with van der Waals surface area (Å²) in [4.78, 5) is 7.53. The normalized spacial score (nSPS) is 16.9. The van der Waals surface area contributed by atoms with Gasteiger partial charge in [-0.05, 0) is 18.8 Å². The molecule has 1 heterocycles. The van der Waals surface area contributed by atoms with Gasteiger partial charge in [-0.3, -0.25) is 0 Å². The molecule has 1 aliphatic rings. The van der Waals surface area contributed by atoms with Crippen LogP contribution < -0.4 is 4.90 Å². The number of hydrogen-bond donors (Lipinski definition) is 0. The third-order valence-electron chi connectivity index (χ3n) is 3.09. The molecule has 0 N–H and O–H groups in total. The van der Waals surface area contributed by atoms with Crippen LogP contribution >= 0.6 is 34.5 Å². The SMILES string of the molecule is CN(CC1CCCC1)c1nc(Cl)c(CCl)s1. The molecule has 1 fully saturated rings. The lowest BCUT2D eigenvalue weighted by Crippen LogP contribution is -2.23. The minimum absolute atomic E-state index is 0.452. The van der Waals surface area contributed by atoms with Gasteiger partial charge in [0.15, 0.2) is 5.13 Å². The van der Waals surface area contributed by atoms with Crippen LogP contribution in [0.2, 0.25) is 5.15 Å². The number of aromatic nitrogens is 1. The second-order valence-electron chi connectivity index (χ2n) is 4.38. The van der Waals surface area contributed by atoms with Gasteiger partial charge in [-0.1, -0.05) is 35.8 Å². The average molecular weight is 279 g/mol. The van der Waals surface area contributed by atoms with E-state index in [1.807, 2.05) is 0 Å². The summed E-state index contributed by atoms with van der Waals surface area (Å²) < 4.78 is 0. The predicted molar refractivity (Wildman–Crippen MR) is 71.9 cm³/mol. The van der Waals surface area contributed by atoms with Crippen LogP contribution in [0.4, 0.5) is 5.13 Å². The van der Waals surface area contributed by atoms with Crippen molar-refractivity contribution in [1.82, 2.24) is 4.98 Å². The third kappa shape index (κ3) is 2.82. The summed E-state index contributed by atoms with van der Waals surface area (Å²) in [6.45, 7) is 1.09. The van der Waals surface area contributed by atoms with Gasteiger partial charge in [0.05, 0.1) is 10.8 Å². The number of hydrogen-bond acceptors (Lipinski definition) is 3. The van der Waals surface area contributed by atoms with E-state index < -0.39 is 0 Å². The van der Waals surface area contributed by atoms with E-state index in [4.69, 9.17) is 23.2 Å². The smallest absolute Gasteiger partial charge is 0.186 e. The molecule has 16 heavy (non-hydrogen) atoms. The van der Waals surface area contributed by atoms with Crippen LogP contribution in [0.3, 0.4) is 0 Å². The Bertz CT molecular complexity index is 348. The van der Waals surface area contributed by atoms with Gasteiger partial charge in [-0.25, -0.2) is 4.98 Å². The lowest BCUT2D eigenvalue weighted by Gasteiger charge is -2.19. The van der Waals surface area contributed by atoms with Gasteiger partial charge in [0.25, 0.3) is 0 Å². The Balaban J connectivity index is 1.99. The van der Waals surface area contributed by atoms with Crippen LogP contribution in [-0.4, -0.2) is 18.6 Å². The van der Waals surface area contributed by atoms with Crippen LogP contribution in [0.15, 0.2) is 0 Å².